The largest absolute Gasteiger partial charge is 0.505 e. The van der Waals surface area contributed by atoms with Gasteiger partial charge in [-0.25, -0.2) is 0 Å². The molecule has 2 N–H and O–H groups in total. The molecule has 3 rings (SSSR count). The molecule has 2 aromatic carbocycles. The molecule has 36 heavy (non-hydrogen) atoms. The zero-order valence-electron chi connectivity index (χ0n) is 24.9. The number of aromatic hydroxyl groups is 2. The number of phenolic OH excluding ortho intramolecular Hbond substituents is 2. The van der Waals surface area contributed by atoms with Crippen molar-refractivity contribution in [1.29, 1.82) is 0 Å². The number of hydrogen-bond acceptors (Lipinski definition) is 4. The summed E-state index contributed by atoms with van der Waals surface area (Å²) < 4.78 is 0. The molecule has 0 atom stereocenters. The summed E-state index contributed by atoms with van der Waals surface area (Å²) >= 11 is 0. The fourth-order valence-corrected chi connectivity index (χ4v) is 4.92. The topological polar surface area (TPSA) is 46.9 Å². The van der Waals surface area contributed by atoms with E-state index in [1.54, 1.807) is 0 Å². The first-order valence-electron chi connectivity index (χ1n) is 13.5. The van der Waals surface area contributed by atoms with E-state index in [1.807, 2.05) is 0 Å². The van der Waals surface area contributed by atoms with Crippen LogP contribution in [0.15, 0.2) is 24.3 Å². The number of benzene rings is 2. The summed E-state index contributed by atoms with van der Waals surface area (Å²) in [5, 5.41) is 22.7. The van der Waals surface area contributed by atoms with Crippen molar-refractivity contribution in [2.24, 2.45) is 0 Å². The van der Waals surface area contributed by atoms with Gasteiger partial charge in [-0.3, -0.25) is 0 Å². The molecule has 0 amide bonds. The molecule has 0 spiro atoms. The lowest BCUT2D eigenvalue weighted by Crippen LogP contribution is -2.47. The number of anilines is 2. The van der Waals surface area contributed by atoms with Crippen LogP contribution in [0.25, 0.3) is 0 Å². The van der Waals surface area contributed by atoms with Crippen molar-refractivity contribution in [3.63, 3.8) is 0 Å². The number of phenols is 2. The number of nitrogens with zero attached hydrogens (tertiary/aromatic N) is 2. The van der Waals surface area contributed by atoms with Gasteiger partial charge >= 0.3 is 0 Å². The summed E-state index contributed by atoms with van der Waals surface area (Å²) in [5.41, 5.74) is 6.02. The van der Waals surface area contributed by atoms with E-state index >= 15 is 0 Å². The predicted molar refractivity (Wildman–Crippen MR) is 155 cm³/mol. The van der Waals surface area contributed by atoms with E-state index in [0.29, 0.717) is 11.5 Å². The van der Waals surface area contributed by atoms with Crippen LogP contribution in [0.5, 0.6) is 11.5 Å². The molecule has 4 heteroatoms. The predicted octanol–water partition coefficient (Wildman–Crippen LogP) is 7.61. The van der Waals surface area contributed by atoms with Gasteiger partial charge in [-0.15, -0.1) is 0 Å². The second-order valence-corrected chi connectivity index (χ2v) is 14.8. The Kier molecular flexibility index (Phi) is 7.20. The van der Waals surface area contributed by atoms with E-state index in [1.165, 1.54) is 11.1 Å². The van der Waals surface area contributed by atoms with Crippen molar-refractivity contribution in [3.05, 3.63) is 46.5 Å². The van der Waals surface area contributed by atoms with E-state index in [9.17, 15) is 10.2 Å². The molecule has 0 radical (unpaired) electrons. The maximum atomic E-state index is 11.4. The van der Waals surface area contributed by atoms with Crippen LogP contribution in [0, 0.1) is 0 Å². The molecular formula is C32H50N2O2. The second-order valence-electron chi connectivity index (χ2n) is 14.8. The first kappa shape index (κ1) is 28.2. The summed E-state index contributed by atoms with van der Waals surface area (Å²) in [7, 11) is 0. The highest BCUT2D eigenvalue weighted by Crippen LogP contribution is 2.44. The Hall–Kier alpha value is -2.36. The summed E-state index contributed by atoms with van der Waals surface area (Å²) in [5.74, 6) is 0.799. The maximum Gasteiger partial charge on any atom is 0.142 e. The van der Waals surface area contributed by atoms with Crippen LogP contribution >= 0.6 is 0 Å². The van der Waals surface area contributed by atoms with Crippen LogP contribution in [0.4, 0.5) is 11.4 Å². The monoisotopic (exact) mass is 494 g/mol. The van der Waals surface area contributed by atoms with Crippen LogP contribution in [0.2, 0.25) is 0 Å². The highest BCUT2D eigenvalue weighted by Gasteiger charge is 2.31. The van der Waals surface area contributed by atoms with Crippen molar-refractivity contribution < 1.29 is 10.2 Å². The summed E-state index contributed by atoms with van der Waals surface area (Å²) in [6, 6.07) is 8.71. The van der Waals surface area contributed by atoms with E-state index in [0.717, 1.165) is 48.7 Å². The molecule has 1 saturated heterocycles. The maximum absolute atomic E-state index is 11.4. The smallest absolute Gasteiger partial charge is 0.142 e. The van der Waals surface area contributed by atoms with Crippen molar-refractivity contribution in [2.45, 2.75) is 105 Å². The Morgan fingerprint density at radius 3 is 0.972 bits per heavy atom. The highest BCUT2D eigenvalue weighted by atomic mass is 16.3. The summed E-state index contributed by atoms with van der Waals surface area (Å²) in [6.07, 6.45) is 0. The molecule has 4 nitrogen and oxygen atoms in total. The third kappa shape index (κ3) is 5.79. The quantitative estimate of drug-likeness (QED) is 0.451. The zero-order valence-corrected chi connectivity index (χ0v) is 24.9. The second kappa shape index (κ2) is 9.19. The lowest BCUT2D eigenvalue weighted by atomic mass is 9.79. The first-order chi connectivity index (χ1) is 16.2. The van der Waals surface area contributed by atoms with E-state index in [2.05, 4.69) is 117 Å². The Labute approximate surface area is 220 Å². The standard InChI is InChI=1S/C32H50N2O2/c1-29(2,3)21-17-23(31(7,8)9)27(35)25(19-21)33-13-15-34(16-14-33)26-20-22(30(4,5)6)18-24(28(26)36)32(10,11)12/h17-20,35-36H,13-16H2,1-12H3. The Balaban J connectivity index is 1.98. The fourth-order valence-electron chi connectivity index (χ4n) is 4.92. The minimum atomic E-state index is -0.148. The van der Waals surface area contributed by atoms with Gasteiger partial charge < -0.3 is 20.0 Å². The van der Waals surface area contributed by atoms with Crippen LogP contribution < -0.4 is 9.80 Å². The number of hydrogen-bond donors (Lipinski definition) is 2. The molecule has 0 unspecified atom stereocenters. The molecule has 0 bridgehead atoms. The zero-order chi connectivity index (χ0) is 27.4. The van der Waals surface area contributed by atoms with Crippen molar-refractivity contribution in [3.8, 4) is 11.5 Å². The normalized spacial score (nSPS) is 16.0. The Bertz CT molecular complexity index is 1010. The number of rotatable bonds is 2. The molecule has 1 aliphatic rings. The van der Waals surface area contributed by atoms with Crippen LogP contribution in [-0.4, -0.2) is 36.4 Å². The Morgan fingerprint density at radius 1 is 0.472 bits per heavy atom. The third-order valence-corrected chi connectivity index (χ3v) is 7.49. The average molecular weight is 495 g/mol. The average Bonchev–Trinajstić information content (AvgIpc) is 2.71. The minimum Gasteiger partial charge on any atom is -0.505 e. The lowest BCUT2D eigenvalue weighted by Gasteiger charge is -2.40. The van der Waals surface area contributed by atoms with Crippen LogP contribution in [0.1, 0.15) is 105 Å². The van der Waals surface area contributed by atoms with E-state index < -0.39 is 0 Å². The van der Waals surface area contributed by atoms with Gasteiger partial charge in [0, 0.05) is 37.3 Å². The van der Waals surface area contributed by atoms with Crippen molar-refractivity contribution in [2.75, 3.05) is 36.0 Å². The van der Waals surface area contributed by atoms with Gasteiger partial charge in [-0.2, -0.15) is 0 Å². The highest BCUT2D eigenvalue weighted by molar-refractivity contribution is 5.68. The van der Waals surface area contributed by atoms with Gasteiger partial charge in [0.15, 0.2) is 0 Å². The first-order valence-corrected chi connectivity index (χ1v) is 13.5. The summed E-state index contributed by atoms with van der Waals surface area (Å²) in [4.78, 5) is 4.62. The van der Waals surface area contributed by atoms with Crippen molar-refractivity contribution >= 4 is 11.4 Å². The molecule has 1 aliphatic heterocycles. The van der Waals surface area contributed by atoms with Gasteiger partial charge in [0.25, 0.3) is 0 Å². The van der Waals surface area contributed by atoms with Gasteiger partial charge in [-0.1, -0.05) is 95.2 Å². The van der Waals surface area contributed by atoms with Gasteiger partial charge in [0.05, 0.1) is 11.4 Å². The Morgan fingerprint density at radius 2 is 0.750 bits per heavy atom. The summed E-state index contributed by atoms with van der Waals surface area (Å²) in [6.45, 7) is 29.5. The van der Waals surface area contributed by atoms with E-state index in [-0.39, 0.29) is 21.7 Å². The fraction of sp³-hybridized carbons (Fsp3) is 0.625. The minimum absolute atomic E-state index is 0.00713. The van der Waals surface area contributed by atoms with Crippen LogP contribution in [0.3, 0.4) is 0 Å². The molecular weight excluding hydrogens is 444 g/mol. The molecule has 1 fully saturated rings. The molecule has 200 valence electrons. The molecule has 2 aromatic rings. The lowest BCUT2D eigenvalue weighted by molar-refractivity contribution is 0.438. The third-order valence-electron chi connectivity index (χ3n) is 7.49. The SMILES string of the molecule is CC(C)(C)c1cc(N2CCN(c3cc(C(C)(C)C)cc(C(C)(C)C)c3O)CC2)c(O)c(C(C)(C)C)c1. The van der Waals surface area contributed by atoms with Gasteiger partial charge in [0.2, 0.25) is 0 Å². The molecule has 0 aliphatic carbocycles. The van der Waals surface area contributed by atoms with Gasteiger partial charge in [0.1, 0.15) is 11.5 Å². The number of piperazine rings is 1. The van der Waals surface area contributed by atoms with Crippen molar-refractivity contribution in [1.82, 2.24) is 0 Å². The van der Waals surface area contributed by atoms with E-state index in [4.69, 9.17) is 0 Å². The van der Waals surface area contributed by atoms with Gasteiger partial charge in [-0.05, 0) is 44.9 Å². The molecule has 0 aromatic heterocycles. The van der Waals surface area contributed by atoms with Crippen LogP contribution in [-0.2, 0) is 21.7 Å². The molecule has 1 heterocycles. The molecule has 0 saturated carbocycles.